The lowest BCUT2D eigenvalue weighted by Crippen LogP contribution is -2.38. The third-order valence-corrected chi connectivity index (χ3v) is 3.27. The predicted molar refractivity (Wildman–Crippen MR) is 67.5 cm³/mol. The Balaban J connectivity index is 2.18. The van der Waals surface area contributed by atoms with Crippen LogP contribution in [0.15, 0.2) is 24.3 Å². The number of benzene rings is 1. The normalized spacial score (nSPS) is 19.6. The van der Waals surface area contributed by atoms with Crippen LogP contribution < -0.4 is 10.6 Å². The summed E-state index contributed by atoms with van der Waals surface area (Å²) < 4.78 is 0. The van der Waals surface area contributed by atoms with E-state index in [1.54, 1.807) is 18.2 Å². The van der Waals surface area contributed by atoms with E-state index in [-0.39, 0.29) is 5.92 Å². The first-order chi connectivity index (χ1) is 8.58. The van der Waals surface area contributed by atoms with Crippen molar-refractivity contribution in [3.05, 3.63) is 29.8 Å². The molecule has 1 aliphatic rings. The molecule has 96 valence electrons. The number of carboxylic acids is 1. The minimum atomic E-state index is -0.759. The first-order valence-corrected chi connectivity index (χ1v) is 5.95. The number of carbonyl (C=O) groups excluding carboxylic acids is 1. The molecular formula is C13H16N2O3. The fourth-order valence-electron chi connectivity index (χ4n) is 2.27. The zero-order chi connectivity index (χ0) is 13.1. The summed E-state index contributed by atoms with van der Waals surface area (Å²) >= 11 is 0. The minimum absolute atomic E-state index is 0.337. The second-order valence-corrected chi connectivity index (χ2v) is 4.54. The quantitative estimate of drug-likeness (QED) is 0.838. The number of rotatable bonds is 3. The van der Waals surface area contributed by atoms with Crippen LogP contribution >= 0.6 is 0 Å². The number of anilines is 1. The summed E-state index contributed by atoms with van der Waals surface area (Å²) in [7, 11) is 0. The summed E-state index contributed by atoms with van der Waals surface area (Å²) in [6.07, 6.45) is 1.55. The van der Waals surface area contributed by atoms with Gasteiger partial charge in [0.25, 0.3) is 0 Å². The molecule has 1 amide bonds. The lowest BCUT2D eigenvalue weighted by molar-refractivity contribution is -0.141. The summed E-state index contributed by atoms with van der Waals surface area (Å²) in [5.41, 5.74) is 6.54. The van der Waals surface area contributed by atoms with Crippen molar-refractivity contribution in [1.82, 2.24) is 0 Å². The number of amides is 1. The highest BCUT2D eigenvalue weighted by Crippen LogP contribution is 2.24. The Labute approximate surface area is 105 Å². The van der Waals surface area contributed by atoms with E-state index in [4.69, 9.17) is 10.8 Å². The number of carboxylic acid groups (broad SMARTS) is 1. The molecule has 0 aromatic heterocycles. The van der Waals surface area contributed by atoms with Crippen LogP contribution in [0.3, 0.4) is 0 Å². The zero-order valence-corrected chi connectivity index (χ0v) is 10.0. The Kier molecular flexibility index (Phi) is 3.50. The third-order valence-electron chi connectivity index (χ3n) is 3.27. The highest BCUT2D eigenvalue weighted by Gasteiger charge is 2.25. The van der Waals surface area contributed by atoms with Crippen molar-refractivity contribution in [2.24, 2.45) is 11.7 Å². The molecule has 18 heavy (non-hydrogen) atoms. The number of hydrogen-bond acceptors (Lipinski definition) is 3. The molecule has 2 rings (SSSR count). The van der Waals surface area contributed by atoms with Gasteiger partial charge in [-0.2, -0.15) is 0 Å². The van der Waals surface area contributed by atoms with Crippen LogP contribution in [-0.4, -0.2) is 30.1 Å². The van der Waals surface area contributed by atoms with Gasteiger partial charge in [0.05, 0.1) is 5.92 Å². The van der Waals surface area contributed by atoms with Crippen molar-refractivity contribution >= 4 is 17.6 Å². The maximum Gasteiger partial charge on any atom is 0.308 e. The third kappa shape index (κ3) is 2.61. The maximum absolute atomic E-state index is 11.1. The monoisotopic (exact) mass is 248 g/mol. The number of primary amides is 1. The van der Waals surface area contributed by atoms with Crippen LogP contribution in [0.1, 0.15) is 23.2 Å². The van der Waals surface area contributed by atoms with Crippen molar-refractivity contribution in [1.29, 1.82) is 0 Å². The van der Waals surface area contributed by atoms with Gasteiger partial charge in [-0.15, -0.1) is 0 Å². The average Bonchev–Trinajstić information content (AvgIpc) is 2.39. The first-order valence-electron chi connectivity index (χ1n) is 5.95. The van der Waals surface area contributed by atoms with Gasteiger partial charge in [0.1, 0.15) is 0 Å². The topological polar surface area (TPSA) is 83.6 Å². The number of carbonyl (C=O) groups is 2. The van der Waals surface area contributed by atoms with Crippen LogP contribution in [0.4, 0.5) is 5.69 Å². The standard InChI is InChI=1S/C13H16N2O3/c14-12(16)9-3-1-5-11(7-9)15-6-2-4-10(8-15)13(17)18/h1,3,5,7,10H,2,4,6,8H2,(H2,14,16)(H,17,18). The van der Waals surface area contributed by atoms with Crippen LogP contribution in [0.5, 0.6) is 0 Å². The van der Waals surface area contributed by atoms with E-state index in [0.717, 1.165) is 18.7 Å². The fraction of sp³-hybridized carbons (Fsp3) is 0.385. The van der Waals surface area contributed by atoms with Crippen LogP contribution in [0.25, 0.3) is 0 Å². The molecule has 0 bridgehead atoms. The highest BCUT2D eigenvalue weighted by molar-refractivity contribution is 5.93. The Morgan fingerprint density at radius 2 is 2.17 bits per heavy atom. The van der Waals surface area contributed by atoms with Crippen molar-refractivity contribution in [3.63, 3.8) is 0 Å². The molecule has 1 heterocycles. The molecule has 3 N–H and O–H groups in total. The van der Waals surface area contributed by atoms with Gasteiger partial charge in [0.15, 0.2) is 0 Å². The second-order valence-electron chi connectivity index (χ2n) is 4.54. The SMILES string of the molecule is NC(=O)c1cccc(N2CCCC(C(=O)O)C2)c1. The molecule has 1 atom stereocenters. The Morgan fingerprint density at radius 1 is 1.39 bits per heavy atom. The lowest BCUT2D eigenvalue weighted by atomic mass is 9.97. The molecule has 1 aromatic rings. The molecule has 1 aromatic carbocycles. The molecule has 0 aliphatic carbocycles. The van der Waals surface area contributed by atoms with Crippen LogP contribution in [0, 0.1) is 5.92 Å². The summed E-state index contributed by atoms with van der Waals surface area (Å²) in [5.74, 6) is -1.56. The smallest absolute Gasteiger partial charge is 0.308 e. The Morgan fingerprint density at radius 3 is 2.83 bits per heavy atom. The number of nitrogens with zero attached hydrogens (tertiary/aromatic N) is 1. The predicted octanol–water partition coefficient (Wildman–Crippen LogP) is 1.09. The molecular weight excluding hydrogens is 232 g/mol. The van der Waals surface area contributed by atoms with Gasteiger partial charge in [0.2, 0.25) is 5.91 Å². The molecule has 1 fully saturated rings. The van der Waals surface area contributed by atoms with E-state index in [1.165, 1.54) is 0 Å². The molecule has 0 radical (unpaired) electrons. The van der Waals surface area contributed by atoms with Gasteiger partial charge in [-0.1, -0.05) is 6.07 Å². The van der Waals surface area contributed by atoms with Crippen molar-refractivity contribution in [3.8, 4) is 0 Å². The number of hydrogen-bond donors (Lipinski definition) is 2. The van der Waals surface area contributed by atoms with E-state index >= 15 is 0 Å². The van der Waals surface area contributed by atoms with Gasteiger partial charge in [0, 0.05) is 24.3 Å². The zero-order valence-electron chi connectivity index (χ0n) is 10.0. The minimum Gasteiger partial charge on any atom is -0.481 e. The highest BCUT2D eigenvalue weighted by atomic mass is 16.4. The largest absolute Gasteiger partial charge is 0.481 e. The lowest BCUT2D eigenvalue weighted by Gasteiger charge is -2.32. The van der Waals surface area contributed by atoms with Gasteiger partial charge in [-0.3, -0.25) is 9.59 Å². The maximum atomic E-state index is 11.1. The van der Waals surface area contributed by atoms with E-state index in [0.29, 0.717) is 18.5 Å². The fourth-order valence-corrected chi connectivity index (χ4v) is 2.27. The van der Waals surface area contributed by atoms with Crippen molar-refractivity contribution < 1.29 is 14.7 Å². The van der Waals surface area contributed by atoms with Crippen molar-refractivity contribution in [2.75, 3.05) is 18.0 Å². The van der Waals surface area contributed by atoms with Gasteiger partial charge >= 0.3 is 5.97 Å². The number of piperidine rings is 1. The number of nitrogens with two attached hydrogens (primary N) is 1. The van der Waals surface area contributed by atoms with Crippen LogP contribution in [-0.2, 0) is 4.79 Å². The van der Waals surface area contributed by atoms with Crippen LogP contribution in [0.2, 0.25) is 0 Å². The van der Waals surface area contributed by atoms with Gasteiger partial charge in [-0.25, -0.2) is 0 Å². The van der Waals surface area contributed by atoms with E-state index < -0.39 is 11.9 Å². The molecule has 5 nitrogen and oxygen atoms in total. The molecule has 1 aliphatic heterocycles. The average molecular weight is 248 g/mol. The summed E-state index contributed by atoms with van der Waals surface area (Å²) in [4.78, 5) is 24.1. The molecule has 5 heteroatoms. The summed E-state index contributed by atoms with van der Waals surface area (Å²) in [5, 5.41) is 9.04. The second kappa shape index (κ2) is 5.08. The molecule has 1 unspecified atom stereocenters. The number of aliphatic carboxylic acids is 1. The molecule has 1 saturated heterocycles. The van der Waals surface area contributed by atoms with Gasteiger partial charge in [-0.05, 0) is 31.0 Å². The Hall–Kier alpha value is -2.04. The first kappa shape index (κ1) is 12.4. The van der Waals surface area contributed by atoms with Gasteiger partial charge < -0.3 is 15.7 Å². The summed E-state index contributed by atoms with van der Waals surface area (Å²) in [6.45, 7) is 1.30. The Bertz CT molecular complexity index is 473. The van der Waals surface area contributed by atoms with E-state index in [2.05, 4.69) is 0 Å². The summed E-state index contributed by atoms with van der Waals surface area (Å²) in [6, 6.07) is 7.01. The van der Waals surface area contributed by atoms with Crippen molar-refractivity contribution in [2.45, 2.75) is 12.8 Å². The molecule has 0 spiro atoms. The van der Waals surface area contributed by atoms with E-state index in [1.807, 2.05) is 11.0 Å². The van der Waals surface area contributed by atoms with E-state index in [9.17, 15) is 9.59 Å². The molecule has 0 saturated carbocycles.